The second kappa shape index (κ2) is 10.2. The molecule has 1 heterocycles. The summed E-state index contributed by atoms with van der Waals surface area (Å²) < 4.78 is 0. The first kappa shape index (κ1) is 16.4. The maximum absolute atomic E-state index is 10.3. The zero-order chi connectivity index (χ0) is 13.9. The van der Waals surface area contributed by atoms with E-state index in [2.05, 4.69) is 4.90 Å². The summed E-state index contributed by atoms with van der Waals surface area (Å²) in [6.07, 6.45) is 10.2. The highest BCUT2D eigenvalue weighted by Crippen LogP contribution is 2.12. The third kappa shape index (κ3) is 9.00. The molecule has 0 spiro atoms. The molecule has 2 N–H and O–H groups in total. The average Bonchev–Trinajstić information content (AvgIpc) is 2.38. The number of carboxylic acids is 1. The van der Waals surface area contributed by atoms with Crippen LogP contribution in [0.2, 0.25) is 0 Å². The summed E-state index contributed by atoms with van der Waals surface area (Å²) in [6, 6.07) is 0. The lowest BCUT2D eigenvalue weighted by Crippen LogP contribution is -2.36. The van der Waals surface area contributed by atoms with Crippen LogP contribution in [0.15, 0.2) is 0 Å². The van der Waals surface area contributed by atoms with Gasteiger partial charge in [0.25, 0.3) is 0 Å². The van der Waals surface area contributed by atoms with E-state index in [0.717, 1.165) is 38.8 Å². The molecular formula is C15H29NO3. The number of hydrogen-bond donors (Lipinski definition) is 2. The molecule has 0 amide bonds. The van der Waals surface area contributed by atoms with Crippen LogP contribution in [0.4, 0.5) is 0 Å². The Morgan fingerprint density at radius 3 is 2.05 bits per heavy atom. The minimum Gasteiger partial charge on any atom is -0.481 e. The predicted molar refractivity (Wildman–Crippen MR) is 76.3 cm³/mol. The molecule has 1 fully saturated rings. The highest BCUT2D eigenvalue weighted by atomic mass is 16.4. The molecule has 112 valence electrons. The molecule has 0 radical (unpaired) electrons. The summed E-state index contributed by atoms with van der Waals surface area (Å²) in [4.78, 5) is 12.8. The Morgan fingerprint density at radius 1 is 0.947 bits per heavy atom. The first-order chi connectivity index (χ1) is 9.18. The van der Waals surface area contributed by atoms with E-state index < -0.39 is 5.97 Å². The van der Waals surface area contributed by atoms with Crippen LogP contribution >= 0.6 is 0 Å². The van der Waals surface area contributed by atoms with Crippen molar-refractivity contribution < 1.29 is 15.0 Å². The van der Waals surface area contributed by atoms with Crippen LogP contribution in [0, 0.1) is 0 Å². The van der Waals surface area contributed by atoms with Crippen molar-refractivity contribution in [1.82, 2.24) is 4.90 Å². The smallest absolute Gasteiger partial charge is 0.303 e. The summed E-state index contributed by atoms with van der Waals surface area (Å²) in [5, 5.41) is 17.9. The van der Waals surface area contributed by atoms with Crippen molar-refractivity contribution in [2.45, 2.75) is 70.3 Å². The van der Waals surface area contributed by atoms with Crippen LogP contribution in [-0.2, 0) is 4.79 Å². The zero-order valence-corrected chi connectivity index (χ0v) is 12.0. The second-order valence-corrected chi connectivity index (χ2v) is 5.69. The Morgan fingerprint density at radius 2 is 1.47 bits per heavy atom. The van der Waals surface area contributed by atoms with Gasteiger partial charge in [0.2, 0.25) is 0 Å². The Kier molecular flexibility index (Phi) is 8.84. The van der Waals surface area contributed by atoms with Gasteiger partial charge in [0.1, 0.15) is 0 Å². The second-order valence-electron chi connectivity index (χ2n) is 5.69. The first-order valence-corrected chi connectivity index (χ1v) is 7.80. The number of likely N-dealkylation sites (tertiary alicyclic amines) is 1. The third-order valence-corrected chi connectivity index (χ3v) is 3.92. The minimum absolute atomic E-state index is 0.0675. The molecule has 1 saturated heterocycles. The van der Waals surface area contributed by atoms with E-state index in [9.17, 15) is 9.90 Å². The van der Waals surface area contributed by atoms with Gasteiger partial charge in [0, 0.05) is 19.5 Å². The zero-order valence-electron chi connectivity index (χ0n) is 12.0. The normalized spacial score (nSPS) is 17.7. The number of carbonyl (C=O) groups is 1. The van der Waals surface area contributed by atoms with Crippen molar-refractivity contribution in [3.05, 3.63) is 0 Å². The number of aliphatic hydroxyl groups excluding tert-OH is 1. The maximum Gasteiger partial charge on any atom is 0.303 e. The fraction of sp³-hybridized carbons (Fsp3) is 0.933. The highest BCUT2D eigenvalue weighted by molar-refractivity contribution is 5.66. The molecule has 4 nitrogen and oxygen atoms in total. The highest BCUT2D eigenvalue weighted by Gasteiger charge is 2.15. The van der Waals surface area contributed by atoms with Crippen molar-refractivity contribution in [1.29, 1.82) is 0 Å². The number of nitrogens with zero attached hydrogens (tertiary/aromatic N) is 1. The van der Waals surface area contributed by atoms with E-state index in [1.807, 2.05) is 0 Å². The summed E-state index contributed by atoms with van der Waals surface area (Å²) in [6.45, 7) is 3.28. The predicted octanol–water partition coefficient (Wildman–Crippen LogP) is 2.65. The van der Waals surface area contributed by atoms with Crippen molar-refractivity contribution >= 4 is 5.97 Å². The largest absolute Gasteiger partial charge is 0.481 e. The molecule has 1 rings (SSSR count). The van der Waals surface area contributed by atoms with Crippen molar-refractivity contribution in [2.24, 2.45) is 0 Å². The van der Waals surface area contributed by atoms with E-state index in [0.29, 0.717) is 6.42 Å². The maximum atomic E-state index is 10.3. The van der Waals surface area contributed by atoms with Gasteiger partial charge in [0.05, 0.1) is 6.10 Å². The Hall–Kier alpha value is -0.610. The topological polar surface area (TPSA) is 60.8 Å². The van der Waals surface area contributed by atoms with Crippen LogP contribution in [0.1, 0.15) is 64.2 Å². The van der Waals surface area contributed by atoms with Gasteiger partial charge in [-0.05, 0) is 32.2 Å². The molecule has 19 heavy (non-hydrogen) atoms. The lowest BCUT2D eigenvalue weighted by molar-refractivity contribution is -0.137. The molecule has 0 bridgehead atoms. The molecule has 0 unspecified atom stereocenters. The summed E-state index contributed by atoms with van der Waals surface area (Å²) in [5.74, 6) is -0.674. The lowest BCUT2D eigenvalue weighted by Gasteiger charge is -2.29. The molecule has 0 aromatic carbocycles. The van der Waals surface area contributed by atoms with E-state index >= 15 is 0 Å². The van der Waals surface area contributed by atoms with Crippen LogP contribution in [0.3, 0.4) is 0 Å². The standard InChI is InChI=1S/C15H29NO3/c17-14-9-12-16(13-10-14)11-7-5-3-1-2-4-6-8-15(18)19/h14,17H,1-13H2,(H,18,19). The molecular weight excluding hydrogens is 242 g/mol. The number of carboxylic acid groups (broad SMARTS) is 1. The van der Waals surface area contributed by atoms with Crippen molar-refractivity contribution in [2.75, 3.05) is 19.6 Å². The van der Waals surface area contributed by atoms with Gasteiger partial charge < -0.3 is 15.1 Å². The quantitative estimate of drug-likeness (QED) is 0.600. The van der Waals surface area contributed by atoms with Gasteiger partial charge in [-0.3, -0.25) is 4.79 Å². The minimum atomic E-state index is -0.674. The molecule has 0 aromatic heterocycles. The third-order valence-electron chi connectivity index (χ3n) is 3.92. The Bertz CT molecular complexity index is 238. The number of rotatable bonds is 10. The van der Waals surface area contributed by atoms with E-state index in [4.69, 9.17) is 5.11 Å². The molecule has 0 aliphatic carbocycles. The number of aliphatic hydroxyl groups is 1. The van der Waals surface area contributed by atoms with Gasteiger partial charge in [-0.2, -0.15) is 0 Å². The number of piperidine rings is 1. The van der Waals surface area contributed by atoms with Crippen molar-refractivity contribution in [3.8, 4) is 0 Å². The van der Waals surface area contributed by atoms with E-state index in [1.165, 1.54) is 38.6 Å². The molecule has 1 aliphatic heterocycles. The van der Waals surface area contributed by atoms with Gasteiger partial charge in [-0.1, -0.05) is 32.1 Å². The van der Waals surface area contributed by atoms with Crippen LogP contribution in [0.5, 0.6) is 0 Å². The molecule has 1 aliphatic rings. The van der Waals surface area contributed by atoms with Gasteiger partial charge in [0.15, 0.2) is 0 Å². The molecule has 4 heteroatoms. The van der Waals surface area contributed by atoms with Crippen LogP contribution < -0.4 is 0 Å². The summed E-state index contributed by atoms with van der Waals surface area (Å²) >= 11 is 0. The monoisotopic (exact) mass is 271 g/mol. The van der Waals surface area contributed by atoms with Crippen molar-refractivity contribution in [3.63, 3.8) is 0 Å². The van der Waals surface area contributed by atoms with Crippen LogP contribution in [0.25, 0.3) is 0 Å². The van der Waals surface area contributed by atoms with E-state index in [1.54, 1.807) is 0 Å². The van der Waals surface area contributed by atoms with Crippen LogP contribution in [-0.4, -0.2) is 46.8 Å². The van der Waals surface area contributed by atoms with Gasteiger partial charge in [-0.15, -0.1) is 0 Å². The molecule has 0 atom stereocenters. The fourth-order valence-electron chi connectivity index (χ4n) is 2.64. The number of aliphatic carboxylic acids is 1. The number of unbranched alkanes of at least 4 members (excludes halogenated alkanes) is 6. The van der Waals surface area contributed by atoms with Gasteiger partial charge >= 0.3 is 5.97 Å². The summed E-state index contributed by atoms with van der Waals surface area (Å²) in [7, 11) is 0. The molecule has 0 aromatic rings. The average molecular weight is 271 g/mol. The van der Waals surface area contributed by atoms with E-state index in [-0.39, 0.29) is 6.10 Å². The summed E-state index contributed by atoms with van der Waals surface area (Å²) in [5.41, 5.74) is 0. The Balaban J connectivity index is 1.80. The molecule has 0 saturated carbocycles. The lowest BCUT2D eigenvalue weighted by atomic mass is 10.1. The van der Waals surface area contributed by atoms with Gasteiger partial charge in [-0.25, -0.2) is 0 Å². The Labute approximate surface area is 116 Å². The SMILES string of the molecule is O=C(O)CCCCCCCCCN1CCC(O)CC1. The first-order valence-electron chi connectivity index (χ1n) is 7.80. The fourth-order valence-corrected chi connectivity index (χ4v) is 2.64. The number of hydrogen-bond acceptors (Lipinski definition) is 3.